The van der Waals surface area contributed by atoms with E-state index in [9.17, 15) is 9.65 Å². The Hall–Kier alpha value is -2.38. The molecule has 0 fully saturated rings. The van der Waals surface area contributed by atoms with E-state index in [2.05, 4.69) is 11.1 Å². The number of rotatable bonds is 2. The Morgan fingerprint density at radius 1 is 1.20 bits per heavy atom. The first-order valence-corrected chi connectivity index (χ1v) is 6.36. The fourth-order valence-electron chi connectivity index (χ4n) is 2.10. The van der Waals surface area contributed by atoms with E-state index in [0.717, 1.165) is 5.56 Å². The third-order valence-corrected chi connectivity index (χ3v) is 3.27. The molecule has 20 heavy (non-hydrogen) atoms. The summed E-state index contributed by atoms with van der Waals surface area (Å²) in [6, 6.07) is 11.8. The van der Waals surface area contributed by atoms with Crippen LogP contribution in [0.25, 0.3) is 5.65 Å². The minimum atomic E-state index is -0.281. The predicted molar refractivity (Wildman–Crippen MR) is 74.1 cm³/mol. The molecule has 0 spiro atoms. The lowest BCUT2D eigenvalue weighted by Gasteiger charge is -1.99. The van der Waals surface area contributed by atoms with Crippen LogP contribution >= 0.6 is 11.6 Å². The molecule has 0 atom stereocenters. The van der Waals surface area contributed by atoms with E-state index in [0.29, 0.717) is 28.5 Å². The van der Waals surface area contributed by atoms with E-state index in [1.807, 2.05) is 0 Å². The molecule has 0 bridgehead atoms. The normalized spacial score (nSPS) is 10.7. The molecule has 0 saturated heterocycles. The molecule has 0 radical (unpaired) electrons. The summed E-state index contributed by atoms with van der Waals surface area (Å²) in [5.74, 6) is -0.281. The van der Waals surface area contributed by atoms with Crippen molar-refractivity contribution >= 4 is 17.2 Å². The molecule has 0 amide bonds. The second kappa shape index (κ2) is 4.95. The van der Waals surface area contributed by atoms with E-state index >= 15 is 0 Å². The first-order valence-electron chi connectivity index (χ1n) is 5.98. The van der Waals surface area contributed by atoms with Gasteiger partial charge in [0.1, 0.15) is 23.2 Å². The summed E-state index contributed by atoms with van der Waals surface area (Å²) >= 11 is 5.93. The molecule has 3 aromatic rings. The Morgan fingerprint density at radius 3 is 2.65 bits per heavy atom. The van der Waals surface area contributed by atoms with Crippen LogP contribution in [-0.4, -0.2) is 9.38 Å². The maximum atomic E-state index is 12.9. The van der Waals surface area contributed by atoms with Gasteiger partial charge < -0.3 is 0 Å². The highest BCUT2D eigenvalue weighted by Gasteiger charge is 2.12. The van der Waals surface area contributed by atoms with Crippen molar-refractivity contribution in [2.45, 2.75) is 6.42 Å². The van der Waals surface area contributed by atoms with Gasteiger partial charge in [-0.15, -0.1) is 0 Å². The van der Waals surface area contributed by atoms with Crippen molar-refractivity contribution in [3.63, 3.8) is 0 Å². The van der Waals surface area contributed by atoms with Gasteiger partial charge in [0, 0.05) is 12.6 Å². The average molecular weight is 286 g/mol. The van der Waals surface area contributed by atoms with Gasteiger partial charge in [0.25, 0.3) is 0 Å². The highest BCUT2D eigenvalue weighted by molar-refractivity contribution is 6.30. The predicted octanol–water partition coefficient (Wildman–Crippen LogP) is 3.59. The second-order valence-corrected chi connectivity index (χ2v) is 4.83. The molecule has 5 heteroatoms. The van der Waals surface area contributed by atoms with Gasteiger partial charge in [0.2, 0.25) is 0 Å². The Bertz CT molecular complexity index is 815. The summed E-state index contributed by atoms with van der Waals surface area (Å²) in [5, 5.41) is 9.85. The zero-order valence-corrected chi connectivity index (χ0v) is 11.1. The van der Waals surface area contributed by atoms with Crippen molar-refractivity contribution in [3.05, 3.63) is 70.4 Å². The summed E-state index contributed by atoms with van der Waals surface area (Å²) in [5.41, 5.74) is 2.67. The molecule has 0 aliphatic heterocycles. The fraction of sp³-hybridized carbons (Fsp3) is 0.0667. The number of nitrogens with zero attached hydrogens (tertiary/aromatic N) is 3. The number of hydrogen-bond acceptors (Lipinski definition) is 2. The van der Waals surface area contributed by atoms with Crippen LogP contribution in [0.4, 0.5) is 4.39 Å². The van der Waals surface area contributed by atoms with Crippen molar-refractivity contribution in [1.29, 1.82) is 5.26 Å². The van der Waals surface area contributed by atoms with E-state index < -0.39 is 0 Å². The third kappa shape index (κ3) is 2.24. The van der Waals surface area contributed by atoms with Crippen LogP contribution in [0.15, 0.2) is 42.6 Å². The maximum Gasteiger partial charge on any atom is 0.148 e. The van der Waals surface area contributed by atoms with Gasteiger partial charge in [-0.2, -0.15) is 5.26 Å². The number of fused-ring (bicyclic) bond motifs is 1. The van der Waals surface area contributed by atoms with E-state index in [1.54, 1.807) is 34.9 Å². The van der Waals surface area contributed by atoms with Crippen molar-refractivity contribution in [2.24, 2.45) is 0 Å². The van der Waals surface area contributed by atoms with Crippen molar-refractivity contribution in [2.75, 3.05) is 0 Å². The average Bonchev–Trinajstić information content (AvgIpc) is 2.78. The largest absolute Gasteiger partial charge is 0.290 e. The van der Waals surface area contributed by atoms with Crippen LogP contribution in [0.3, 0.4) is 0 Å². The Balaban J connectivity index is 2.07. The number of halogens is 2. The Morgan fingerprint density at radius 2 is 1.95 bits per heavy atom. The lowest BCUT2D eigenvalue weighted by Crippen LogP contribution is -1.94. The number of aromatic nitrogens is 2. The quantitative estimate of drug-likeness (QED) is 0.722. The van der Waals surface area contributed by atoms with Crippen LogP contribution in [0.2, 0.25) is 5.02 Å². The summed E-state index contributed by atoms with van der Waals surface area (Å²) in [6.45, 7) is 0. The van der Waals surface area contributed by atoms with E-state index in [-0.39, 0.29) is 5.82 Å². The van der Waals surface area contributed by atoms with Crippen LogP contribution in [0.1, 0.15) is 17.0 Å². The molecule has 3 nitrogen and oxygen atoms in total. The first-order chi connectivity index (χ1) is 9.67. The summed E-state index contributed by atoms with van der Waals surface area (Å²) in [4.78, 5) is 4.43. The van der Waals surface area contributed by atoms with Gasteiger partial charge in [-0.1, -0.05) is 23.7 Å². The number of nitriles is 1. The lowest BCUT2D eigenvalue weighted by molar-refractivity contribution is 0.627. The lowest BCUT2D eigenvalue weighted by atomic mass is 10.1. The smallest absolute Gasteiger partial charge is 0.148 e. The van der Waals surface area contributed by atoms with Crippen LogP contribution in [0, 0.1) is 17.1 Å². The molecule has 2 aromatic heterocycles. The molecule has 98 valence electrons. The zero-order chi connectivity index (χ0) is 14.1. The van der Waals surface area contributed by atoms with Gasteiger partial charge >= 0.3 is 0 Å². The fourth-order valence-corrected chi connectivity index (χ4v) is 2.27. The minimum Gasteiger partial charge on any atom is -0.290 e. The Labute approximate surface area is 119 Å². The summed E-state index contributed by atoms with van der Waals surface area (Å²) in [7, 11) is 0. The molecule has 0 aliphatic carbocycles. The van der Waals surface area contributed by atoms with E-state index in [1.165, 1.54) is 12.1 Å². The van der Waals surface area contributed by atoms with Crippen molar-refractivity contribution in [1.82, 2.24) is 9.38 Å². The monoisotopic (exact) mass is 285 g/mol. The molecular formula is C15H9ClFN3. The molecule has 1 aromatic carbocycles. The number of imidazole rings is 1. The Kier molecular flexibility index (Phi) is 3.13. The van der Waals surface area contributed by atoms with Crippen LogP contribution in [-0.2, 0) is 6.42 Å². The minimum absolute atomic E-state index is 0.281. The second-order valence-electron chi connectivity index (χ2n) is 4.40. The molecule has 0 N–H and O–H groups in total. The molecule has 0 aliphatic rings. The topological polar surface area (TPSA) is 41.1 Å². The standard InChI is InChI=1S/C15H9ClFN3/c16-11-3-6-15-19-13(14(8-18)20(15)9-11)7-10-1-4-12(17)5-2-10/h1-6,9H,7H2. The van der Waals surface area contributed by atoms with Gasteiger partial charge in [-0.25, -0.2) is 9.37 Å². The highest BCUT2D eigenvalue weighted by atomic mass is 35.5. The molecular weight excluding hydrogens is 277 g/mol. The third-order valence-electron chi connectivity index (χ3n) is 3.05. The van der Waals surface area contributed by atoms with Crippen molar-refractivity contribution < 1.29 is 4.39 Å². The zero-order valence-electron chi connectivity index (χ0n) is 10.3. The molecule has 0 saturated carbocycles. The van der Waals surface area contributed by atoms with Gasteiger partial charge in [-0.3, -0.25) is 4.40 Å². The van der Waals surface area contributed by atoms with E-state index in [4.69, 9.17) is 11.6 Å². The maximum absolute atomic E-state index is 12.9. The molecule has 0 unspecified atom stereocenters. The van der Waals surface area contributed by atoms with Crippen LogP contribution < -0.4 is 0 Å². The number of pyridine rings is 1. The molecule has 3 rings (SSSR count). The van der Waals surface area contributed by atoms with Gasteiger partial charge in [0.05, 0.1) is 10.7 Å². The molecule has 2 heterocycles. The van der Waals surface area contributed by atoms with Crippen molar-refractivity contribution in [3.8, 4) is 6.07 Å². The summed E-state index contributed by atoms with van der Waals surface area (Å²) < 4.78 is 14.6. The van der Waals surface area contributed by atoms with Gasteiger partial charge in [0.15, 0.2) is 0 Å². The van der Waals surface area contributed by atoms with Crippen LogP contribution in [0.5, 0.6) is 0 Å². The SMILES string of the molecule is N#Cc1c(Cc2ccc(F)cc2)nc2ccc(Cl)cn12. The number of hydrogen-bond donors (Lipinski definition) is 0. The highest BCUT2D eigenvalue weighted by Crippen LogP contribution is 2.18. The van der Waals surface area contributed by atoms with Gasteiger partial charge in [-0.05, 0) is 29.8 Å². The first kappa shape index (κ1) is 12.6. The summed E-state index contributed by atoms with van der Waals surface area (Å²) in [6.07, 6.45) is 2.14. The number of benzene rings is 1.